The molecule has 0 fully saturated rings. The van der Waals surface area contributed by atoms with Crippen molar-refractivity contribution in [3.63, 3.8) is 0 Å². The van der Waals surface area contributed by atoms with Crippen molar-refractivity contribution in [2.24, 2.45) is 5.10 Å². The highest BCUT2D eigenvalue weighted by molar-refractivity contribution is 6.05. The van der Waals surface area contributed by atoms with E-state index in [0.717, 1.165) is 11.1 Å². The van der Waals surface area contributed by atoms with Gasteiger partial charge >= 0.3 is 5.97 Å². The zero-order valence-electron chi connectivity index (χ0n) is 15.8. The van der Waals surface area contributed by atoms with Crippen LogP contribution in [-0.4, -0.2) is 41.9 Å². The van der Waals surface area contributed by atoms with Crippen molar-refractivity contribution in [3.05, 3.63) is 59.7 Å². The monoisotopic (exact) mass is 382 g/mol. The Morgan fingerprint density at radius 2 is 1.86 bits per heavy atom. The molecule has 1 unspecified atom stereocenters. The van der Waals surface area contributed by atoms with Crippen LogP contribution in [0.2, 0.25) is 0 Å². The van der Waals surface area contributed by atoms with Crippen LogP contribution in [0.15, 0.2) is 53.6 Å². The van der Waals surface area contributed by atoms with Gasteiger partial charge in [0, 0.05) is 24.5 Å². The van der Waals surface area contributed by atoms with Crippen molar-refractivity contribution in [3.8, 4) is 11.5 Å². The van der Waals surface area contributed by atoms with E-state index in [4.69, 9.17) is 14.6 Å². The van der Waals surface area contributed by atoms with Gasteiger partial charge < -0.3 is 14.6 Å². The molecule has 28 heavy (non-hydrogen) atoms. The van der Waals surface area contributed by atoms with E-state index < -0.39 is 5.97 Å². The molecule has 7 nitrogen and oxygen atoms in total. The van der Waals surface area contributed by atoms with Gasteiger partial charge in [-0.1, -0.05) is 30.3 Å². The van der Waals surface area contributed by atoms with Gasteiger partial charge in [0.05, 0.1) is 32.4 Å². The van der Waals surface area contributed by atoms with Crippen LogP contribution in [0.3, 0.4) is 0 Å². The lowest BCUT2D eigenvalue weighted by molar-refractivity contribution is -0.141. The second kappa shape index (κ2) is 8.56. The van der Waals surface area contributed by atoms with E-state index >= 15 is 0 Å². The Morgan fingerprint density at radius 3 is 2.50 bits per heavy atom. The number of benzene rings is 2. The van der Waals surface area contributed by atoms with Crippen molar-refractivity contribution in [1.82, 2.24) is 5.01 Å². The van der Waals surface area contributed by atoms with E-state index in [-0.39, 0.29) is 24.8 Å². The fourth-order valence-corrected chi connectivity index (χ4v) is 3.20. The van der Waals surface area contributed by atoms with E-state index in [1.165, 1.54) is 5.01 Å². The SMILES string of the molecule is COc1ccc(C2=NN(C(=O)CCC(=O)O)C(c3ccccc3)C2)c(OC)c1. The molecule has 2 aromatic rings. The molecule has 146 valence electrons. The van der Waals surface area contributed by atoms with Gasteiger partial charge in [-0.25, -0.2) is 5.01 Å². The molecule has 0 saturated carbocycles. The first kappa shape index (κ1) is 19.4. The highest BCUT2D eigenvalue weighted by Gasteiger charge is 2.34. The maximum absolute atomic E-state index is 12.7. The van der Waals surface area contributed by atoms with E-state index in [9.17, 15) is 9.59 Å². The molecule has 0 aliphatic carbocycles. The molecule has 2 aromatic carbocycles. The summed E-state index contributed by atoms with van der Waals surface area (Å²) in [5.41, 5.74) is 2.42. The number of hydrogen-bond donors (Lipinski definition) is 1. The normalized spacial score (nSPS) is 15.9. The van der Waals surface area contributed by atoms with E-state index in [1.807, 2.05) is 42.5 Å². The van der Waals surface area contributed by atoms with Crippen molar-refractivity contribution in [1.29, 1.82) is 0 Å². The minimum Gasteiger partial charge on any atom is -0.497 e. The second-order valence-corrected chi connectivity index (χ2v) is 6.38. The number of ether oxygens (including phenoxy) is 2. The van der Waals surface area contributed by atoms with Crippen LogP contribution in [0, 0.1) is 0 Å². The van der Waals surface area contributed by atoms with Crippen LogP contribution in [0.4, 0.5) is 0 Å². The third-order valence-electron chi connectivity index (χ3n) is 4.62. The molecule has 0 spiro atoms. The first-order valence-corrected chi connectivity index (χ1v) is 8.92. The number of amides is 1. The molecular formula is C21H22N2O5. The lowest BCUT2D eigenvalue weighted by atomic mass is 9.97. The summed E-state index contributed by atoms with van der Waals surface area (Å²) >= 11 is 0. The predicted octanol–water partition coefficient (Wildman–Crippen LogP) is 3.25. The van der Waals surface area contributed by atoms with Gasteiger partial charge in [0.2, 0.25) is 5.91 Å². The van der Waals surface area contributed by atoms with Crippen molar-refractivity contribution < 1.29 is 24.2 Å². The highest BCUT2D eigenvalue weighted by Crippen LogP contribution is 2.36. The Kier molecular flexibility index (Phi) is 5.93. The summed E-state index contributed by atoms with van der Waals surface area (Å²) in [4.78, 5) is 23.5. The first-order chi connectivity index (χ1) is 13.5. The molecule has 0 aromatic heterocycles. The fourth-order valence-electron chi connectivity index (χ4n) is 3.20. The van der Waals surface area contributed by atoms with E-state index in [0.29, 0.717) is 23.6 Å². The van der Waals surface area contributed by atoms with Crippen LogP contribution in [-0.2, 0) is 9.59 Å². The van der Waals surface area contributed by atoms with Crippen molar-refractivity contribution >= 4 is 17.6 Å². The zero-order chi connectivity index (χ0) is 20.1. The van der Waals surface area contributed by atoms with Gasteiger partial charge in [0.1, 0.15) is 11.5 Å². The average molecular weight is 382 g/mol. The largest absolute Gasteiger partial charge is 0.497 e. The molecule has 7 heteroatoms. The standard InChI is InChI=1S/C21H22N2O5/c1-27-15-8-9-16(19(12-15)28-2)17-13-18(14-6-4-3-5-7-14)23(22-17)20(24)10-11-21(25)26/h3-9,12,18H,10-11,13H2,1-2H3,(H,25,26). The molecule has 1 N–H and O–H groups in total. The van der Waals surface area contributed by atoms with Gasteiger partial charge in [0.25, 0.3) is 0 Å². The van der Waals surface area contributed by atoms with Gasteiger partial charge in [-0.3, -0.25) is 9.59 Å². The molecule has 1 atom stereocenters. The lowest BCUT2D eigenvalue weighted by Crippen LogP contribution is -2.27. The van der Waals surface area contributed by atoms with Gasteiger partial charge in [0.15, 0.2) is 0 Å². The summed E-state index contributed by atoms with van der Waals surface area (Å²) in [7, 11) is 3.15. The number of hydrogen-bond acceptors (Lipinski definition) is 5. The number of carboxylic acids is 1. The van der Waals surface area contributed by atoms with Gasteiger partial charge in [-0.2, -0.15) is 5.10 Å². The molecule has 1 amide bonds. The third-order valence-corrected chi connectivity index (χ3v) is 4.62. The number of carbonyl (C=O) groups excluding carboxylic acids is 1. The molecular weight excluding hydrogens is 360 g/mol. The molecule has 0 saturated heterocycles. The fraction of sp³-hybridized carbons (Fsp3) is 0.286. The Labute approximate surface area is 163 Å². The van der Waals surface area contributed by atoms with E-state index in [1.54, 1.807) is 20.3 Å². The zero-order valence-corrected chi connectivity index (χ0v) is 15.8. The molecule has 0 radical (unpaired) electrons. The molecule has 1 aliphatic heterocycles. The summed E-state index contributed by atoms with van der Waals surface area (Å²) in [5, 5.41) is 14.8. The number of carbonyl (C=O) groups is 2. The maximum atomic E-state index is 12.7. The Hall–Kier alpha value is -3.35. The summed E-state index contributed by atoms with van der Waals surface area (Å²) in [6.45, 7) is 0. The lowest BCUT2D eigenvalue weighted by Gasteiger charge is -2.21. The summed E-state index contributed by atoms with van der Waals surface area (Å²) in [5.74, 6) is -0.0680. The summed E-state index contributed by atoms with van der Waals surface area (Å²) in [6.07, 6.45) is 0.175. The molecule has 1 heterocycles. The minimum absolute atomic E-state index is 0.102. The van der Waals surface area contributed by atoms with Gasteiger partial charge in [-0.15, -0.1) is 0 Å². The number of hydrazone groups is 1. The summed E-state index contributed by atoms with van der Waals surface area (Å²) in [6, 6.07) is 14.7. The number of aliphatic carboxylic acids is 1. The molecule has 0 bridgehead atoms. The number of nitrogens with zero attached hydrogens (tertiary/aromatic N) is 2. The van der Waals surface area contributed by atoms with Crippen LogP contribution >= 0.6 is 0 Å². The smallest absolute Gasteiger partial charge is 0.303 e. The second-order valence-electron chi connectivity index (χ2n) is 6.38. The molecule has 3 rings (SSSR count). The van der Waals surface area contributed by atoms with Gasteiger partial charge in [-0.05, 0) is 17.7 Å². The first-order valence-electron chi connectivity index (χ1n) is 8.92. The Morgan fingerprint density at radius 1 is 1.11 bits per heavy atom. The topological polar surface area (TPSA) is 88.4 Å². The minimum atomic E-state index is -1.01. The quantitative estimate of drug-likeness (QED) is 0.794. The Bertz CT molecular complexity index is 895. The third kappa shape index (κ3) is 4.14. The van der Waals surface area contributed by atoms with E-state index in [2.05, 4.69) is 5.10 Å². The number of rotatable bonds is 7. The van der Waals surface area contributed by atoms with Crippen molar-refractivity contribution in [2.75, 3.05) is 14.2 Å². The highest BCUT2D eigenvalue weighted by atomic mass is 16.5. The van der Waals surface area contributed by atoms with Crippen LogP contribution < -0.4 is 9.47 Å². The predicted molar refractivity (Wildman–Crippen MR) is 104 cm³/mol. The average Bonchev–Trinajstić information content (AvgIpc) is 3.17. The Balaban J connectivity index is 1.95. The molecule has 1 aliphatic rings. The van der Waals surface area contributed by atoms with Crippen molar-refractivity contribution in [2.45, 2.75) is 25.3 Å². The van der Waals surface area contributed by atoms with Crippen LogP contribution in [0.5, 0.6) is 11.5 Å². The van der Waals surface area contributed by atoms with Crippen LogP contribution in [0.25, 0.3) is 0 Å². The van der Waals surface area contributed by atoms with Crippen LogP contribution in [0.1, 0.15) is 36.4 Å². The maximum Gasteiger partial charge on any atom is 0.303 e. The number of methoxy groups -OCH3 is 2. The number of carboxylic acid groups (broad SMARTS) is 1. The summed E-state index contributed by atoms with van der Waals surface area (Å²) < 4.78 is 10.7.